The monoisotopic (exact) mass is 434 g/mol. The van der Waals surface area contributed by atoms with Gasteiger partial charge in [0.25, 0.3) is 0 Å². The molecule has 8 heteroatoms. The van der Waals surface area contributed by atoms with Crippen molar-refractivity contribution in [1.82, 2.24) is 0 Å². The Hall–Kier alpha value is -2.71. The van der Waals surface area contributed by atoms with E-state index in [1.807, 2.05) is 6.92 Å². The van der Waals surface area contributed by atoms with Gasteiger partial charge in [0, 0.05) is 31.9 Å². The number of ether oxygens (including phenoxy) is 4. The molecule has 0 unspecified atom stereocenters. The fourth-order valence-corrected chi connectivity index (χ4v) is 3.77. The summed E-state index contributed by atoms with van der Waals surface area (Å²) in [6, 6.07) is 0. The number of esters is 2. The summed E-state index contributed by atoms with van der Waals surface area (Å²) >= 11 is 0. The molecule has 31 heavy (non-hydrogen) atoms. The van der Waals surface area contributed by atoms with E-state index in [0.717, 1.165) is 5.57 Å². The van der Waals surface area contributed by atoms with Gasteiger partial charge in [0.05, 0.1) is 19.8 Å². The zero-order valence-electron chi connectivity index (χ0n) is 18.6. The lowest BCUT2D eigenvalue weighted by molar-refractivity contribution is -0.178. The Morgan fingerprint density at radius 2 is 1.87 bits per heavy atom. The second-order valence-corrected chi connectivity index (χ2v) is 8.11. The Labute approximate surface area is 182 Å². The molecule has 0 spiro atoms. The van der Waals surface area contributed by atoms with Crippen molar-refractivity contribution in [1.29, 1.82) is 0 Å². The first-order valence-electron chi connectivity index (χ1n) is 9.91. The maximum absolute atomic E-state index is 12.6. The molecule has 0 aromatic carbocycles. The van der Waals surface area contributed by atoms with Crippen molar-refractivity contribution in [2.24, 2.45) is 5.92 Å². The van der Waals surface area contributed by atoms with E-state index in [-0.39, 0.29) is 47.9 Å². The average Bonchev–Trinajstić information content (AvgIpc) is 3.05. The minimum absolute atomic E-state index is 0.131. The molecule has 2 heterocycles. The highest BCUT2D eigenvalue weighted by molar-refractivity contribution is 5.96. The van der Waals surface area contributed by atoms with E-state index in [1.165, 1.54) is 40.4 Å². The van der Waals surface area contributed by atoms with Gasteiger partial charge in [-0.1, -0.05) is 18.2 Å². The van der Waals surface area contributed by atoms with Crippen LogP contribution in [-0.4, -0.2) is 55.5 Å². The molecule has 0 amide bonds. The molecule has 0 saturated heterocycles. The number of rotatable bonds is 4. The van der Waals surface area contributed by atoms with Crippen molar-refractivity contribution in [2.45, 2.75) is 50.9 Å². The number of Topliss-reactive ketones (excluding diaryl/α,β-unsaturated/α-hetero) is 1. The highest BCUT2D eigenvalue weighted by Crippen LogP contribution is 2.42. The number of aliphatic hydroxyl groups is 1. The third kappa shape index (κ3) is 5.71. The van der Waals surface area contributed by atoms with Gasteiger partial charge in [0.2, 0.25) is 5.79 Å². The fourth-order valence-electron chi connectivity index (χ4n) is 3.77. The third-order valence-electron chi connectivity index (χ3n) is 5.42. The molecule has 8 nitrogen and oxygen atoms in total. The van der Waals surface area contributed by atoms with E-state index in [0.29, 0.717) is 6.42 Å². The Morgan fingerprint density at radius 1 is 1.23 bits per heavy atom. The molecule has 0 aromatic heterocycles. The Bertz CT molecular complexity index is 861. The predicted octanol–water partition coefficient (Wildman–Crippen LogP) is 2.53. The topological polar surface area (TPSA) is 108 Å². The highest BCUT2D eigenvalue weighted by Gasteiger charge is 2.48. The maximum Gasteiger partial charge on any atom is 0.340 e. The van der Waals surface area contributed by atoms with Crippen molar-refractivity contribution in [2.75, 3.05) is 21.3 Å². The molecular weight excluding hydrogens is 404 g/mol. The van der Waals surface area contributed by atoms with E-state index in [4.69, 9.17) is 18.9 Å². The molecule has 1 N–H and O–H groups in total. The molecule has 2 aliphatic rings. The highest BCUT2D eigenvalue weighted by atomic mass is 16.7. The predicted molar refractivity (Wildman–Crippen MR) is 112 cm³/mol. The standard InChI is InChI=1S/C23H30O8/c1-14(2)16-8-7-15(20(25)28-4)9-17(24)12-22(3,27)13-18-10-19(21(26)29-5)23(11-16,30-6)31-18/h7,10,13,16,27H,1,8-9,11-12H2,2-6H3/b15-7+,18-13-/t16-,22-,23+/m1/s1. The number of methoxy groups -OCH3 is 3. The molecule has 0 fully saturated rings. The van der Waals surface area contributed by atoms with Gasteiger partial charge in [-0.05, 0) is 38.3 Å². The van der Waals surface area contributed by atoms with Crippen LogP contribution in [-0.2, 0) is 33.3 Å². The van der Waals surface area contributed by atoms with Crippen LogP contribution in [0.5, 0.6) is 0 Å². The van der Waals surface area contributed by atoms with Crippen molar-refractivity contribution in [3.8, 4) is 0 Å². The van der Waals surface area contributed by atoms with Gasteiger partial charge < -0.3 is 24.1 Å². The third-order valence-corrected chi connectivity index (χ3v) is 5.42. The number of ketones is 1. The summed E-state index contributed by atoms with van der Waals surface area (Å²) in [5, 5.41) is 10.8. The second-order valence-electron chi connectivity index (χ2n) is 8.11. The van der Waals surface area contributed by atoms with Gasteiger partial charge in [-0.2, -0.15) is 0 Å². The van der Waals surface area contributed by atoms with Crippen LogP contribution in [0.25, 0.3) is 0 Å². The van der Waals surface area contributed by atoms with E-state index in [9.17, 15) is 19.5 Å². The van der Waals surface area contributed by atoms with Gasteiger partial charge in [0.1, 0.15) is 17.1 Å². The lowest BCUT2D eigenvalue weighted by atomic mass is 9.86. The van der Waals surface area contributed by atoms with E-state index < -0.39 is 23.3 Å². The number of hydrogen-bond donors (Lipinski definition) is 1. The number of carbonyl (C=O) groups excluding carboxylic acids is 3. The minimum atomic E-state index is -1.59. The summed E-state index contributed by atoms with van der Waals surface area (Å²) in [5.74, 6) is -3.16. The van der Waals surface area contributed by atoms with E-state index in [2.05, 4.69) is 6.58 Å². The fraction of sp³-hybridized carbons (Fsp3) is 0.522. The lowest BCUT2D eigenvalue weighted by Crippen LogP contribution is -2.39. The van der Waals surface area contributed by atoms with E-state index in [1.54, 1.807) is 6.08 Å². The summed E-state index contributed by atoms with van der Waals surface area (Å²) in [6.45, 7) is 7.28. The molecule has 2 rings (SSSR count). The second kappa shape index (κ2) is 9.62. The van der Waals surface area contributed by atoms with E-state index >= 15 is 0 Å². The van der Waals surface area contributed by atoms with Crippen LogP contribution in [0.4, 0.5) is 0 Å². The molecule has 0 aliphatic carbocycles. The molecule has 2 aliphatic heterocycles. The quantitative estimate of drug-likeness (QED) is 0.531. The number of fused-ring (bicyclic) bond motifs is 2. The molecule has 0 radical (unpaired) electrons. The zero-order chi connectivity index (χ0) is 23.4. The summed E-state index contributed by atoms with van der Waals surface area (Å²) in [4.78, 5) is 37.3. The minimum Gasteiger partial charge on any atom is -0.466 e. The molecule has 170 valence electrons. The molecular formula is C23H30O8. The van der Waals surface area contributed by atoms with Gasteiger partial charge >= 0.3 is 11.9 Å². The number of hydrogen-bond acceptors (Lipinski definition) is 8. The van der Waals surface area contributed by atoms with Crippen LogP contribution in [0.1, 0.15) is 39.5 Å². The zero-order valence-corrected chi connectivity index (χ0v) is 18.6. The molecule has 3 atom stereocenters. The van der Waals surface area contributed by atoms with Crippen LogP contribution in [0, 0.1) is 5.92 Å². The molecule has 2 bridgehead atoms. The van der Waals surface area contributed by atoms with Gasteiger partial charge in [-0.3, -0.25) is 4.79 Å². The summed E-state index contributed by atoms with van der Waals surface area (Å²) in [5.41, 5.74) is -0.485. The lowest BCUT2D eigenvalue weighted by Gasteiger charge is -2.33. The SMILES string of the molecule is C=C(C)[C@@H]1C/C=C(/C(=O)OC)CC(=O)C[C@@](C)(O)/C=C2/C=C(C(=O)OC)[C@](OC)(C1)O2. The smallest absolute Gasteiger partial charge is 0.340 e. The first-order chi connectivity index (χ1) is 14.5. The van der Waals surface area contributed by atoms with Crippen LogP contribution in [0.3, 0.4) is 0 Å². The largest absolute Gasteiger partial charge is 0.466 e. The molecule has 0 aromatic rings. The Morgan fingerprint density at radius 3 is 2.42 bits per heavy atom. The summed E-state index contributed by atoms with van der Waals surface area (Å²) in [7, 11) is 3.90. The van der Waals surface area contributed by atoms with Crippen molar-refractivity contribution >= 4 is 17.7 Å². The van der Waals surface area contributed by atoms with Crippen molar-refractivity contribution < 1.29 is 38.4 Å². The first-order valence-corrected chi connectivity index (χ1v) is 9.91. The normalized spacial score (nSPS) is 32.5. The number of allylic oxidation sites excluding steroid dienone is 3. The van der Waals surface area contributed by atoms with Gasteiger partial charge in [-0.15, -0.1) is 0 Å². The summed E-state index contributed by atoms with van der Waals surface area (Å²) in [6.07, 6.45) is 4.52. The van der Waals surface area contributed by atoms with Gasteiger partial charge in [-0.25, -0.2) is 9.59 Å². The van der Waals surface area contributed by atoms with Crippen LogP contribution in [0.15, 0.2) is 47.3 Å². The first kappa shape index (κ1) is 24.6. The average molecular weight is 434 g/mol. The van der Waals surface area contributed by atoms with Crippen LogP contribution >= 0.6 is 0 Å². The Kier molecular flexibility index (Phi) is 7.62. The van der Waals surface area contributed by atoms with Gasteiger partial charge in [0.15, 0.2) is 0 Å². The summed E-state index contributed by atoms with van der Waals surface area (Å²) < 4.78 is 21.4. The van der Waals surface area contributed by atoms with Crippen LogP contribution in [0.2, 0.25) is 0 Å². The molecule has 0 saturated carbocycles. The number of carbonyl (C=O) groups is 3. The van der Waals surface area contributed by atoms with Crippen LogP contribution < -0.4 is 0 Å². The van der Waals surface area contributed by atoms with Crippen molar-refractivity contribution in [3.05, 3.63) is 47.3 Å². The Balaban J connectivity index is 2.63. The van der Waals surface area contributed by atoms with Crippen molar-refractivity contribution in [3.63, 3.8) is 0 Å². The maximum atomic E-state index is 12.6.